The number of halogens is 2. The van der Waals surface area contributed by atoms with Crippen molar-refractivity contribution in [3.05, 3.63) is 29.0 Å². The average Bonchev–Trinajstić information content (AvgIpc) is 2.42. The summed E-state index contributed by atoms with van der Waals surface area (Å²) in [4.78, 5) is 22.7. The summed E-state index contributed by atoms with van der Waals surface area (Å²) in [6.45, 7) is 2.72. The lowest BCUT2D eigenvalue weighted by molar-refractivity contribution is -0.143. The predicted octanol–water partition coefficient (Wildman–Crippen LogP) is 2.35. The normalized spacial score (nSPS) is 10.2. The SMILES string of the molecule is CCOC(=O)CCCNCC(=O)Nc1ccc(F)cc1Cl. The second kappa shape index (κ2) is 9.31. The minimum Gasteiger partial charge on any atom is -0.466 e. The first-order chi connectivity index (χ1) is 10.0. The molecule has 0 aliphatic heterocycles. The standard InChI is InChI=1S/C14H18ClFN2O3/c1-2-21-14(20)4-3-7-17-9-13(19)18-12-6-5-10(16)8-11(12)15/h5-6,8,17H,2-4,7,9H2,1H3,(H,18,19). The Morgan fingerprint density at radius 2 is 2.14 bits per heavy atom. The molecule has 7 heteroatoms. The van der Waals surface area contributed by atoms with E-state index < -0.39 is 5.82 Å². The second-order valence-corrected chi connectivity index (χ2v) is 4.66. The number of ether oxygens (including phenoxy) is 1. The topological polar surface area (TPSA) is 67.4 Å². The Labute approximate surface area is 127 Å². The molecule has 2 N–H and O–H groups in total. The lowest BCUT2D eigenvalue weighted by atomic mass is 10.3. The molecule has 0 fully saturated rings. The van der Waals surface area contributed by atoms with Crippen molar-refractivity contribution in [1.82, 2.24) is 5.32 Å². The fourth-order valence-electron chi connectivity index (χ4n) is 1.58. The number of carbonyl (C=O) groups is 2. The zero-order valence-corrected chi connectivity index (χ0v) is 12.5. The van der Waals surface area contributed by atoms with Gasteiger partial charge in [-0.2, -0.15) is 0 Å². The monoisotopic (exact) mass is 316 g/mol. The van der Waals surface area contributed by atoms with E-state index in [9.17, 15) is 14.0 Å². The molecule has 1 aromatic carbocycles. The molecular weight excluding hydrogens is 299 g/mol. The van der Waals surface area contributed by atoms with Gasteiger partial charge in [0, 0.05) is 6.42 Å². The molecule has 0 saturated heterocycles. The van der Waals surface area contributed by atoms with Crippen LogP contribution in [0.2, 0.25) is 5.02 Å². The Hall–Kier alpha value is -1.66. The smallest absolute Gasteiger partial charge is 0.305 e. The van der Waals surface area contributed by atoms with Gasteiger partial charge in [0.2, 0.25) is 5.91 Å². The van der Waals surface area contributed by atoms with E-state index in [1.54, 1.807) is 6.92 Å². The van der Waals surface area contributed by atoms with Crippen LogP contribution in [-0.4, -0.2) is 31.6 Å². The van der Waals surface area contributed by atoms with Crippen molar-refractivity contribution in [1.29, 1.82) is 0 Å². The molecule has 0 aliphatic rings. The van der Waals surface area contributed by atoms with Gasteiger partial charge >= 0.3 is 5.97 Å². The lowest BCUT2D eigenvalue weighted by Gasteiger charge is -2.08. The number of anilines is 1. The van der Waals surface area contributed by atoms with E-state index in [-0.39, 0.29) is 23.4 Å². The van der Waals surface area contributed by atoms with Crippen molar-refractivity contribution >= 4 is 29.2 Å². The molecule has 5 nitrogen and oxygen atoms in total. The Morgan fingerprint density at radius 1 is 1.38 bits per heavy atom. The van der Waals surface area contributed by atoms with E-state index in [1.165, 1.54) is 12.1 Å². The highest BCUT2D eigenvalue weighted by atomic mass is 35.5. The summed E-state index contributed by atoms with van der Waals surface area (Å²) in [5.74, 6) is -1.00. The summed E-state index contributed by atoms with van der Waals surface area (Å²) in [7, 11) is 0. The van der Waals surface area contributed by atoms with Gasteiger partial charge in [-0.05, 0) is 38.1 Å². The first-order valence-electron chi connectivity index (χ1n) is 6.64. The highest BCUT2D eigenvalue weighted by Gasteiger charge is 2.07. The molecule has 0 heterocycles. The fraction of sp³-hybridized carbons (Fsp3) is 0.429. The molecule has 0 aromatic heterocycles. The van der Waals surface area contributed by atoms with Crippen LogP contribution in [0.1, 0.15) is 19.8 Å². The Kier molecular flexibility index (Phi) is 7.71. The molecule has 1 amide bonds. The minimum atomic E-state index is -0.463. The molecule has 0 aliphatic carbocycles. The zero-order valence-electron chi connectivity index (χ0n) is 11.7. The van der Waals surface area contributed by atoms with Gasteiger partial charge in [-0.1, -0.05) is 11.6 Å². The highest BCUT2D eigenvalue weighted by molar-refractivity contribution is 6.33. The van der Waals surface area contributed by atoms with Crippen LogP contribution in [0.25, 0.3) is 0 Å². The van der Waals surface area contributed by atoms with Crippen LogP contribution >= 0.6 is 11.6 Å². The van der Waals surface area contributed by atoms with Gasteiger partial charge in [-0.3, -0.25) is 9.59 Å². The minimum absolute atomic E-state index is 0.0799. The van der Waals surface area contributed by atoms with E-state index in [0.29, 0.717) is 31.7 Å². The van der Waals surface area contributed by atoms with Gasteiger partial charge in [-0.15, -0.1) is 0 Å². The Bertz CT molecular complexity index is 497. The van der Waals surface area contributed by atoms with Gasteiger partial charge in [0.05, 0.1) is 23.9 Å². The molecule has 116 valence electrons. The van der Waals surface area contributed by atoms with Crippen LogP contribution in [0.4, 0.5) is 10.1 Å². The molecule has 0 bridgehead atoms. The molecular formula is C14H18ClFN2O3. The molecule has 0 unspecified atom stereocenters. The van der Waals surface area contributed by atoms with Crippen LogP contribution in [0, 0.1) is 5.82 Å². The van der Waals surface area contributed by atoms with E-state index in [4.69, 9.17) is 16.3 Å². The maximum atomic E-state index is 12.8. The first kappa shape index (κ1) is 17.4. The summed E-state index contributed by atoms with van der Waals surface area (Å²) in [6.07, 6.45) is 0.898. The number of amides is 1. The molecule has 21 heavy (non-hydrogen) atoms. The highest BCUT2D eigenvalue weighted by Crippen LogP contribution is 2.22. The Morgan fingerprint density at radius 3 is 2.81 bits per heavy atom. The number of hydrogen-bond acceptors (Lipinski definition) is 4. The van der Waals surface area contributed by atoms with Crippen molar-refractivity contribution < 1.29 is 18.7 Å². The lowest BCUT2D eigenvalue weighted by Crippen LogP contribution is -2.29. The van der Waals surface area contributed by atoms with Crippen molar-refractivity contribution in [2.45, 2.75) is 19.8 Å². The van der Waals surface area contributed by atoms with E-state index in [0.717, 1.165) is 6.07 Å². The van der Waals surface area contributed by atoms with Crippen LogP contribution in [0.15, 0.2) is 18.2 Å². The molecule has 1 aromatic rings. The number of esters is 1. The van der Waals surface area contributed by atoms with Crippen LogP contribution in [-0.2, 0) is 14.3 Å². The summed E-state index contributed by atoms with van der Waals surface area (Å²) in [6, 6.07) is 3.74. The van der Waals surface area contributed by atoms with Gasteiger partial charge in [0.1, 0.15) is 5.82 Å². The number of nitrogens with one attached hydrogen (secondary N) is 2. The maximum absolute atomic E-state index is 12.8. The number of carbonyl (C=O) groups excluding carboxylic acids is 2. The van der Waals surface area contributed by atoms with Gasteiger partial charge in [0.15, 0.2) is 0 Å². The van der Waals surface area contributed by atoms with Crippen LogP contribution < -0.4 is 10.6 Å². The summed E-state index contributed by atoms with van der Waals surface area (Å²) in [5.41, 5.74) is 0.358. The van der Waals surface area contributed by atoms with Gasteiger partial charge in [0.25, 0.3) is 0 Å². The maximum Gasteiger partial charge on any atom is 0.305 e. The molecule has 0 atom stereocenters. The quantitative estimate of drug-likeness (QED) is 0.570. The number of benzene rings is 1. The van der Waals surface area contributed by atoms with E-state index in [2.05, 4.69) is 10.6 Å². The summed E-state index contributed by atoms with van der Waals surface area (Å²) < 4.78 is 17.6. The van der Waals surface area contributed by atoms with E-state index in [1.807, 2.05) is 0 Å². The third-order valence-corrected chi connectivity index (χ3v) is 2.84. The van der Waals surface area contributed by atoms with Crippen molar-refractivity contribution in [2.24, 2.45) is 0 Å². The molecule has 0 saturated carbocycles. The number of hydrogen-bond donors (Lipinski definition) is 2. The van der Waals surface area contributed by atoms with Crippen LogP contribution in [0.3, 0.4) is 0 Å². The third-order valence-electron chi connectivity index (χ3n) is 2.53. The number of rotatable bonds is 8. The summed E-state index contributed by atoms with van der Waals surface area (Å²) >= 11 is 5.80. The van der Waals surface area contributed by atoms with Gasteiger partial charge < -0.3 is 15.4 Å². The largest absolute Gasteiger partial charge is 0.466 e. The third kappa shape index (κ3) is 7.06. The van der Waals surface area contributed by atoms with Crippen molar-refractivity contribution in [3.63, 3.8) is 0 Å². The molecule has 0 radical (unpaired) electrons. The first-order valence-corrected chi connectivity index (χ1v) is 7.02. The van der Waals surface area contributed by atoms with E-state index >= 15 is 0 Å². The zero-order chi connectivity index (χ0) is 15.7. The van der Waals surface area contributed by atoms with Crippen LogP contribution in [0.5, 0.6) is 0 Å². The van der Waals surface area contributed by atoms with Gasteiger partial charge in [-0.25, -0.2) is 4.39 Å². The molecule has 1 rings (SSSR count). The Balaban J connectivity index is 2.21. The molecule has 0 spiro atoms. The van der Waals surface area contributed by atoms with Crippen molar-refractivity contribution in [2.75, 3.05) is 25.0 Å². The second-order valence-electron chi connectivity index (χ2n) is 4.26. The summed E-state index contributed by atoms with van der Waals surface area (Å²) in [5, 5.41) is 5.61. The predicted molar refractivity (Wildman–Crippen MR) is 78.8 cm³/mol. The average molecular weight is 317 g/mol. The van der Waals surface area contributed by atoms with Crippen molar-refractivity contribution in [3.8, 4) is 0 Å². The fourth-order valence-corrected chi connectivity index (χ4v) is 1.79.